The van der Waals surface area contributed by atoms with Crippen molar-refractivity contribution >= 4 is 17.9 Å². The first-order chi connectivity index (χ1) is 29.5. The average Bonchev–Trinajstić information content (AvgIpc) is 3.24. The van der Waals surface area contributed by atoms with Gasteiger partial charge in [0.2, 0.25) is 0 Å². The van der Waals surface area contributed by atoms with Crippen LogP contribution in [0.15, 0.2) is 97.2 Å². The summed E-state index contributed by atoms with van der Waals surface area (Å²) in [4.78, 5) is 37.7. The van der Waals surface area contributed by atoms with Gasteiger partial charge in [0, 0.05) is 12.8 Å². The van der Waals surface area contributed by atoms with Gasteiger partial charge < -0.3 is 14.2 Å². The molecule has 0 N–H and O–H groups in total. The fourth-order valence-electron chi connectivity index (χ4n) is 6.32. The van der Waals surface area contributed by atoms with Gasteiger partial charge in [-0.3, -0.25) is 14.4 Å². The lowest BCUT2D eigenvalue weighted by molar-refractivity contribution is -0.166. The van der Waals surface area contributed by atoms with Crippen molar-refractivity contribution in [3.63, 3.8) is 0 Å². The van der Waals surface area contributed by atoms with Gasteiger partial charge in [-0.15, -0.1) is 0 Å². The standard InChI is InChI=1S/C54H88O6/c1-4-7-10-13-16-19-21-23-25-26-27-28-29-31-32-35-38-41-44-47-53(56)59-50-51(49-58-52(55)46-43-40-37-34-18-15-12-9-6-3)60-54(57)48-45-42-39-36-33-30-24-22-20-17-14-11-8-5-2/h7-12,16-20,23,25,34,40,43,51H,4-6,13-15,21-22,24,26-33,35-39,41-42,44-50H2,1-3H3/b10-7-,11-8-,12-9-,19-16-,20-17-,25-23-,34-18-,43-40-. The largest absolute Gasteiger partial charge is 0.462 e. The van der Waals surface area contributed by atoms with Crippen LogP contribution in [-0.2, 0) is 28.6 Å². The van der Waals surface area contributed by atoms with E-state index >= 15 is 0 Å². The third-order valence-electron chi connectivity index (χ3n) is 9.85. The van der Waals surface area contributed by atoms with Gasteiger partial charge in [-0.2, -0.15) is 0 Å². The van der Waals surface area contributed by atoms with Crippen molar-refractivity contribution < 1.29 is 28.6 Å². The van der Waals surface area contributed by atoms with Crippen LogP contribution < -0.4 is 0 Å². The normalized spacial score (nSPS) is 12.9. The topological polar surface area (TPSA) is 78.9 Å². The highest BCUT2D eigenvalue weighted by atomic mass is 16.6. The SMILES string of the molecule is CC/C=C\C/C=C\C/C=C\CCCCCCCCCCCC(=O)OCC(COC(=O)C/C=C\C/C=C\C/C=C\CC)OC(=O)CCCCCCCCC/C=C\C/C=C\CC. The molecule has 0 amide bonds. The summed E-state index contributed by atoms with van der Waals surface area (Å²) < 4.78 is 16.6. The van der Waals surface area contributed by atoms with Gasteiger partial charge >= 0.3 is 17.9 Å². The monoisotopic (exact) mass is 833 g/mol. The van der Waals surface area contributed by atoms with Gasteiger partial charge in [0.05, 0.1) is 6.42 Å². The molecule has 340 valence electrons. The summed E-state index contributed by atoms with van der Waals surface area (Å²) in [5, 5.41) is 0. The molecule has 0 saturated heterocycles. The molecule has 0 heterocycles. The number of hydrogen-bond acceptors (Lipinski definition) is 6. The second-order valence-electron chi connectivity index (χ2n) is 15.6. The number of carbonyl (C=O) groups excluding carboxylic acids is 3. The number of allylic oxidation sites excluding steroid dienone is 15. The molecular formula is C54H88O6. The van der Waals surface area contributed by atoms with Crippen molar-refractivity contribution in [2.75, 3.05) is 13.2 Å². The Balaban J connectivity index is 4.38. The second-order valence-corrected chi connectivity index (χ2v) is 15.6. The molecule has 0 aliphatic carbocycles. The predicted octanol–water partition coefficient (Wildman–Crippen LogP) is 15.8. The summed E-state index contributed by atoms with van der Waals surface area (Å²) in [6, 6.07) is 0. The van der Waals surface area contributed by atoms with Crippen molar-refractivity contribution in [1.29, 1.82) is 0 Å². The molecular weight excluding hydrogens is 745 g/mol. The van der Waals surface area contributed by atoms with E-state index < -0.39 is 12.1 Å². The van der Waals surface area contributed by atoms with E-state index in [9.17, 15) is 14.4 Å². The Labute approximate surface area is 368 Å². The number of hydrogen-bond donors (Lipinski definition) is 0. The minimum absolute atomic E-state index is 0.112. The van der Waals surface area contributed by atoms with Crippen LogP contribution in [0.25, 0.3) is 0 Å². The molecule has 0 spiro atoms. The molecule has 6 heteroatoms. The van der Waals surface area contributed by atoms with Crippen LogP contribution in [0, 0.1) is 0 Å². The number of rotatable bonds is 42. The van der Waals surface area contributed by atoms with E-state index in [0.29, 0.717) is 12.8 Å². The zero-order valence-corrected chi connectivity index (χ0v) is 38.7. The predicted molar refractivity (Wildman–Crippen MR) is 256 cm³/mol. The zero-order chi connectivity index (χ0) is 43.7. The van der Waals surface area contributed by atoms with Crippen LogP contribution in [0.1, 0.15) is 207 Å². The second kappa shape index (κ2) is 48.0. The molecule has 0 saturated carbocycles. The van der Waals surface area contributed by atoms with E-state index in [1.165, 1.54) is 70.6 Å². The minimum Gasteiger partial charge on any atom is -0.462 e. The van der Waals surface area contributed by atoms with Gasteiger partial charge in [0.15, 0.2) is 6.10 Å². The Morgan fingerprint density at radius 2 is 0.667 bits per heavy atom. The van der Waals surface area contributed by atoms with Gasteiger partial charge in [-0.1, -0.05) is 195 Å². The van der Waals surface area contributed by atoms with E-state index in [1.807, 2.05) is 6.08 Å². The first-order valence-electron chi connectivity index (χ1n) is 24.2. The van der Waals surface area contributed by atoms with Crippen molar-refractivity contribution in [3.8, 4) is 0 Å². The van der Waals surface area contributed by atoms with Crippen LogP contribution >= 0.6 is 0 Å². The quantitative estimate of drug-likeness (QED) is 0.0264. The Hall–Kier alpha value is -3.67. The highest BCUT2D eigenvalue weighted by molar-refractivity contribution is 5.72. The molecule has 0 rings (SSSR count). The number of carbonyl (C=O) groups is 3. The molecule has 0 aromatic rings. The maximum absolute atomic E-state index is 12.7. The van der Waals surface area contributed by atoms with Crippen LogP contribution in [0.3, 0.4) is 0 Å². The molecule has 1 atom stereocenters. The third-order valence-corrected chi connectivity index (χ3v) is 9.85. The maximum Gasteiger partial charge on any atom is 0.309 e. The molecule has 6 nitrogen and oxygen atoms in total. The summed E-state index contributed by atoms with van der Waals surface area (Å²) in [5.74, 6) is -1.06. The number of esters is 3. The van der Waals surface area contributed by atoms with E-state index in [-0.39, 0.29) is 31.6 Å². The van der Waals surface area contributed by atoms with E-state index in [4.69, 9.17) is 14.2 Å². The molecule has 1 unspecified atom stereocenters. The first kappa shape index (κ1) is 56.3. The van der Waals surface area contributed by atoms with Crippen molar-refractivity contribution in [1.82, 2.24) is 0 Å². The maximum atomic E-state index is 12.7. The number of ether oxygens (including phenoxy) is 3. The van der Waals surface area contributed by atoms with Crippen molar-refractivity contribution in [3.05, 3.63) is 97.2 Å². The highest BCUT2D eigenvalue weighted by Gasteiger charge is 2.19. The van der Waals surface area contributed by atoms with Gasteiger partial charge in [0.25, 0.3) is 0 Å². The third kappa shape index (κ3) is 45.4. The Morgan fingerprint density at radius 3 is 1.08 bits per heavy atom. The lowest BCUT2D eigenvalue weighted by Gasteiger charge is -2.18. The molecule has 0 aromatic carbocycles. The molecule has 0 aliphatic rings. The molecule has 0 bridgehead atoms. The summed E-state index contributed by atoms with van der Waals surface area (Å²) >= 11 is 0. The summed E-state index contributed by atoms with van der Waals surface area (Å²) in [6.07, 6.45) is 62.9. The smallest absolute Gasteiger partial charge is 0.309 e. The fraction of sp³-hybridized carbons (Fsp3) is 0.648. The molecule has 60 heavy (non-hydrogen) atoms. The van der Waals surface area contributed by atoms with Crippen molar-refractivity contribution in [2.45, 2.75) is 213 Å². The van der Waals surface area contributed by atoms with Gasteiger partial charge in [0.1, 0.15) is 13.2 Å². The summed E-state index contributed by atoms with van der Waals surface area (Å²) in [5.41, 5.74) is 0. The molecule has 0 aromatic heterocycles. The van der Waals surface area contributed by atoms with Crippen LogP contribution in [0.4, 0.5) is 0 Å². The van der Waals surface area contributed by atoms with Gasteiger partial charge in [-0.25, -0.2) is 0 Å². The molecule has 0 fully saturated rings. The average molecular weight is 833 g/mol. The number of unbranched alkanes of at least 4 members (excludes halogenated alkanes) is 16. The zero-order valence-electron chi connectivity index (χ0n) is 38.7. The summed E-state index contributed by atoms with van der Waals surface area (Å²) in [7, 11) is 0. The van der Waals surface area contributed by atoms with Crippen LogP contribution in [0.5, 0.6) is 0 Å². The lowest BCUT2D eigenvalue weighted by Crippen LogP contribution is -2.30. The lowest BCUT2D eigenvalue weighted by atomic mass is 10.1. The molecule has 0 radical (unpaired) electrons. The summed E-state index contributed by atoms with van der Waals surface area (Å²) in [6.45, 7) is 6.18. The van der Waals surface area contributed by atoms with Gasteiger partial charge in [-0.05, 0) is 89.9 Å². The Kier molecular flexibility index (Phi) is 45.1. The van der Waals surface area contributed by atoms with E-state index in [0.717, 1.165) is 96.3 Å². The van der Waals surface area contributed by atoms with E-state index in [2.05, 4.69) is 106 Å². The first-order valence-corrected chi connectivity index (χ1v) is 24.2. The molecule has 0 aliphatic heterocycles. The van der Waals surface area contributed by atoms with Crippen LogP contribution in [-0.4, -0.2) is 37.2 Å². The van der Waals surface area contributed by atoms with E-state index in [1.54, 1.807) is 6.08 Å². The fourth-order valence-corrected chi connectivity index (χ4v) is 6.32. The Bertz CT molecular complexity index is 1230. The Morgan fingerprint density at radius 1 is 0.350 bits per heavy atom. The minimum atomic E-state index is -0.818. The van der Waals surface area contributed by atoms with Crippen LogP contribution in [0.2, 0.25) is 0 Å². The highest BCUT2D eigenvalue weighted by Crippen LogP contribution is 2.14. The van der Waals surface area contributed by atoms with Crippen molar-refractivity contribution in [2.24, 2.45) is 0 Å².